The lowest BCUT2D eigenvalue weighted by molar-refractivity contribution is -0.120. The molecule has 4 amide bonds. The van der Waals surface area contributed by atoms with E-state index in [1.165, 1.54) is 18.5 Å². The quantitative estimate of drug-likeness (QED) is 0.293. The molecular formula is C45H53ClN8O3. The van der Waals surface area contributed by atoms with Crippen LogP contribution in [0.25, 0.3) is 0 Å². The molecule has 5 aliphatic heterocycles. The van der Waals surface area contributed by atoms with E-state index in [1.54, 1.807) is 4.90 Å². The minimum Gasteiger partial charge on any atom is -0.371 e. The van der Waals surface area contributed by atoms with E-state index in [1.807, 2.05) is 42.5 Å². The number of likely N-dealkylation sites (tertiary alicyclic amines) is 1. The monoisotopic (exact) mass is 788 g/mol. The Hall–Kier alpha value is -4.79. The van der Waals surface area contributed by atoms with Gasteiger partial charge in [0.15, 0.2) is 0 Å². The summed E-state index contributed by atoms with van der Waals surface area (Å²) in [7, 11) is 0. The summed E-state index contributed by atoms with van der Waals surface area (Å²) >= 11 is 6.39. The Morgan fingerprint density at radius 3 is 2.11 bits per heavy atom. The van der Waals surface area contributed by atoms with E-state index >= 15 is 0 Å². The van der Waals surface area contributed by atoms with Crippen LogP contribution in [0.5, 0.6) is 0 Å². The van der Waals surface area contributed by atoms with Gasteiger partial charge in [-0.2, -0.15) is 5.26 Å². The maximum Gasteiger partial charge on any atom is 0.328 e. The van der Waals surface area contributed by atoms with Gasteiger partial charge in [0, 0.05) is 112 Å². The number of anilines is 4. The Morgan fingerprint density at radius 2 is 1.42 bits per heavy atom. The van der Waals surface area contributed by atoms with Crippen LogP contribution < -0.4 is 24.9 Å². The number of benzene rings is 3. The summed E-state index contributed by atoms with van der Waals surface area (Å²) in [4.78, 5) is 51.4. The third kappa shape index (κ3) is 7.43. The average Bonchev–Trinajstić information content (AvgIpc) is 3.54. The van der Waals surface area contributed by atoms with Crippen LogP contribution in [0.4, 0.5) is 27.5 Å². The van der Waals surface area contributed by atoms with Crippen LogP contribution in [0, 0.1) is 22.2 Å². The highest BCUT2D eigenvalue weighted by Gasteiger charge is 2.49. The number of nitrogens with zero attached hydrogens (tertiary/aromatic N) is 7. The molecular weight excluding hydrogens is 736 g/mol. The smallest absolute Gasteiger partial charge is 0.328 e. The first-order valence-electron chi connectivity index (χ1n) is 20.9. The molecule has 1 N–H and O–H groups in total. The van der Waals surface area contributed by atoms with Crippen molar-refractivity contribution in [3.8, 4) is 6.07 Å². The maximum atomic E-state index is 13.6. The van der Waals surface area contributed by atoms with Gasteiger partial charge in [-0.3, -0.25) is 24.7 Å². The molecule has 0 radical (unpaired) electrons. The van der Waals surface area contributed by atoms with Crippen molar-refractivity contribution in [2.24, 2.45) is 10.8 Å². The number of halogens is 1. The SMILES string of the molecule is C[C@@H]1CC2(CCN(c3ccc(C(=O)N4CCC5(CC4)CC(N4CCN(c6cccc(N7CCC(=O)NC7=O)c6)CC4)C5)cc3)CC2)CN1c1ccc(C#N)c(Cl)c1. The van der Waals surface area contributed by atoms with Crippen molar-refractivity contribution in [3.05, 3.63) is 82.9 Å². The minimum atomic E-state index is -0.347. The highest BCUT2D eigenvalue weighted by molar-refractivity contribution is 6.32. The Morgan fingerprint density at radius 1 is 0.754 bits per heavy atom. The number of amides is 4. The Labute approximate surface area is 341 Å². The molecule has 0 aromatic heterocycles. The number of hydrogen-bond acceptors (Lipinski definition) is 8. The van der Waals surface area contributed by atoms with Gasteiger partial charge >= 0.3 is 6.03 Å². The van der Waals surface area contributed by atoms with Gasteiger partial charge < -0.3 is 19.6 Å². The number of imide groups is 1. The fourth-order valence-corrected chi connectivity index (χ4v) is 11.1. The van der Waals surface area contributed by atoms with Crippen LogP contribution in [-0.4, -0.2) is 105 Å². The van der Waals surface area contributed by atoms with Crippen molar-refractivity contribution < 1.29 is 14.4 Å². The Kier molecular flexibility index (Phi) is 10.1. The second-order valence-corrected chi connectivity index (χ2v) is 18.1. The van der Waals surface area contributed by atoms with Crippen molar-refractivity contribution in [1.29, 1.82) is 5.26 Å². The standard InChI is InChI=1S/C45H53ClN8O3/c1-32-27-45(31-54(32)38-10-7-34(30-47)40(46)26-38)14-17-49(18-15-45)35-8-5-33(6-9-35)42(56)52-19-12-44(13-20-52)28-39(29-44)51-23-21-50(22-24-51)36-3-2-4-37(25-36)53-16-11-41(55)48-43(53)57/h2-10,25-26,32,39H,11-24,27-29,31H2,1H3,(H,48,55,57)/t32-/m1/s1. The van der Waals surface area contributed by atoms with E-state index in [2.05, 4.69) is 67.1 Å². The van der Waals surface area contributed by atoms with E-state index in [-0.39, 0.29) is 23.3 Å². The fourth-order valence-electron chi connectivity index (χ4n) is 10.8. The molecule has 57 heavy (non-hydrogen) atoms. The lowest BCUT2D eigenvalue weighted by atomic mass is 9.60. The highest BCUT2D eigenvalue weighted by Crippen LogP contribution is 2.51. The number of urea groups is 1. The van der Waals surface area contributed by atoms with E-state index in [0.29, 0.717) is 41.1 Å². The first-order valence-corrected chi connectivity index (χ1v) is 21.3. The van der Waals surface area contributed by atoms with Crippen molar-refractivity contribution in [2.45, 2.75) is 70.4 Å². The molecule has 6 aliphatic rings. The molecule has 0 unspecified atom stereocenters. The number of piperidine rings is 2. The molecule has 1 atom stereocenters. The molecule has 11 nitrogen and oxygen atoms in total. The molecule has 298 valence electrons. The third-order valence-corrected chi connectivity index (χ3v) is 14.6. The van der Waals surface area contributed by atoms with E-state index in [9.17, 15) is 19.6 Å². The summed E-state index contributed by atoms with van der Waals surface area (Å²) in [5.74, 6) is -0.0618. The lowest BCUT2D eigenvalue weighted by Crippen LogP contribution is -2.59. The second-order valence-electron chi connectivity index (χ2n) is 17.6. The van der Waals surface area contributed by atoms with Gasteiger partial charge in [-0.1, -0.05) is 17.7 Å². The van der Waals surface area contributed by atoms with E-state index < -0.39 is 0 Å². The van der Waals surface area contributed by atoms with E-state index in [0.717, 1.165) is 114 Å². The van der Waals surface area contributed by atoms with Gasteiger partial charge in [-0.15, -0.1) is 0 Å². The molecule has 6 fully saturated rings. The largest absolute Gasteiger partial charge is 0.371 e. The number of piperazine rings is 1. The zero-order chi connectivity index (χ0) is 39.3. The summed E-state index contributed by atoms with van der Waals surface area (Å²) in [6.45, 7) is 11.3. The molecule has 1 saturated carbocycles. The van der Waals surface area contributed by atoms with Gasteiger partial charge in [0.2, 0.25) is 5.91 Å². The topological polar surface area (TPSA) is 106 Å². The molecule has 1 aliphatic carbocycles. The summed E-state index contributed by atoms with van der Waals surface area (Å²) in [6.07, 6.45) is 8.35. The number of rotatable bonds is 6. The van der Waals surface area contributed by atoms with Crippen LogP contribution in [0.3, 0.4) is 0 Å². The molecule has 0 bridgehead atoms. The first-order chi connectivity index (χ1) is 27.6. The van der Waals surface area contributed by atoms with E-state index in [4.69, 9.17) is 11.6 Å². The van der Waals surface area contributed by atoms with Gasteiger partial charge in [0.25, 0.3) is 5.91 Å². The first kappa shape index (κ1) is 37.8. The molecule has 5 heterocycles. The van der Waals surface area contributed by atoms with Crippen LogP contribution in [0.2, 0.25) is 5.02 Å². The van der Waals surface area contributed by atoms with Crippen LogP contribution in [0.15, 0.2) is 66.7 Å². The number of hydrogen-bond donors (Lipinski definition) is 1. The molecule has 3 aromatic rings. The molecule has 2 spiro atoms. The molecule has 3 aromatic carbocycles. The maximum absolute atomic E-state index is 13.6. The molecule has 5 saturated heterocycles. The van der Waals surface area contributed by atoms with Crippen molar-refractivity contribution in [1.82, 2.24) is 15.1 Å². The Bertz CT molecular complexity index is 2050. The second kappa shape index (κ2) is 15.2. The number of carbonyl (C=O) groups excluding carboxylic acids is 3. The van der Waals surface area contributed by atoms with Gasteiger partial charge in [-0.25, -0.2) is 4.79 Å². The third-order valence-electron chi connectivity index (χ3n) is 14.3. The number of carbonyl (C=O) groups is 3. The minimum absolute atomic E-state index is 0.155. The summed E-state index contributed by atoms with van der Waals surface area (Å²) < 4.78 is 0. The highest BCUT2D eigenvalue weighted by atomic mass is 35.5. The number of nitrogens with one attached hydrogen (secondary N) is 1. The lowest BCUT2D eigenvalue weighted by Gasteiger charge is -2.56. The molecule has 12 heteroatoms. The van der Waals surface area contributed by atoms with Crippen LogP contribution in [0.1, 0.15) is 74.2 Å². The predicted molar refractivity (Wildman–Crippen MR) is 224 cm³/mol. The summed E-state index contributed by atoms with van der Waals surface area (Å²) in [6, 6.07) is 25.1. The van der Waals surface area contributed by atoms with Crippen molar-refractivity contribution in [2.75, 3.05) is 85.0 Å². The van der Waals surface area contributed by atoms with Gasteiger partial charge in [-0.05, 0) is 123 Å². The van der Waals surface area contributed by atoms with Crippen molar-refractivity contribution in [3.63, 3.8) is 0 Å². The zero-order valence-corrected chi connectivity index (χ0v) is 33.7. The van der Waals surface area contributed by atoms with Gasteiger partial charge in [0.1, 0.15) is 6.07 Å². The van der Waals surface area contributed by atoms with Crippen LogP contribution in [-0.2, 0) is 4.79 Å². The fraction of sp³-hybridized carbons (Fsp3) is 0.511. The van der Waals surface area contributed by atoms with Gasteiger partial charge in [0.05, 0.1) is 10.6 Å². The Balaban J connectivity index is 0.716. The summed E-state index contributed by atoms with van der Waals surface area (Å²) in [5, 5.41) is 12.2. The normalized spacial score (nSPS) is 23.8. The average molecular weight is 789 g/mol. The zero-order valence-electron chi connectivity index (χ0n) is 33.0. The summed E-state index contributed by atoms with van der Waals surface area (Å²) in [5.41, 5.74) is 6.19. The number of nitriles is 1. The van der Waals surface area contributed by atoms with Crippen LogP contribution >= 0.6 is 11.6 Å². The van der Waals surface area contributed by atoms with Crippen molar-refractivity contribution >= 4 is 52.2 Å². The predicted octanol–water partition coefficient (Wildman–Crippen LogP) is 6.75. The molecule has 9 rings (SSSR count).